The Bertz CT molecular complexity index is 259. The first-order chi connectivity index (χ1) is 8.26. The predicted octanol–water partition coefficient (Wildman–Crippen LogP) is 2.17. The van der Waals surface area contributed by atoms with Crippen molar-refractivity contribution >= 4 is 5.91 Å². The highest BCUT2D eigenvalue weighted by Crippen LogP contribution is 2.31. The summed E-state index contributed by atoms with van der Waals surface area (Å²) >= 11 is 0. The molecule has 3 heteroatoms. The molecule has 17 heavy (non-hydrogen) atoms. The molecule has 0 aromatic heterocycles. The van der Waals surface area contributed by atoms with E-state index in [-0.39, 0.29) is 6.04 Å². The Morgan fingerprint density at radius 2 is 1.88 bits per heavy atom. The summed E-state index contributed by atoms with van der Waals surface area (Å²) < 4.78 is 0. The van der Waals surface area contributed by atoms with Gasteiger partial charge in [-0.3, -0.25) is 4.79 Å². The Morgan fingerprint density at radius 1 is 1.18 bits per heavy atom. The summed E-state index contributed by atoms with van der Waals surface area (Å²) in [6, 6.07) is 0.637. The standard InChI is InChI=1S/C14H26N2O/c1-3-11-5-7-12(8-6-11)16-10-9-13(14(16)17)15-4-2/h11-13,15H,3-10H2,1-2H3. The molecule has 2 fully saturated rings. The lowest BCUT2D eigenvalue weighted by Crippen LogP contribution is -2.44. The molecule has 3 nitrogen and oxygen atoms in total. The fourth-order valence-corrected chi connectivity index (χ4v) is 3.37. The second-order valence-electron chi connectivity index (χ2n) is 5.51. The van der Waals surface area contributed by atoms with Gasteiger partial charge in [-0.2, -0.15) is 0 Å². The van der Waals surface area contributed by atoms with Crippen molar-refractivity contribution < 1.29 is 4.79 Å². The van der Waals surface area contributed by atoms with Crippen molar-refractivity contribution in [1.29, 1.82) is 0 Å². The molecular weight excluding hydrogens is 212 g/mol. The molecule has 0 bridgehead atoms. The van der Waals surface area contributed by atoms with Crippen LogP contribution in [-0.4, -0.2) is 36.0 Å². The Kier molecular flexibility index (Phi) is 4.43. The third kappa shape index (κ3) is 2.82. The second kappa shape index (κ2) is 5.85. The molecule has 1 saturated carbocycles. The molecule has 1 aliphatic carbocycles. The Balaban J connectivity index is 1.85. The maximum absolute atomic E-state index is 12.2. The minimum atomic E-state index is 0.101. The lowest BCUT2D eigenvalue weighted by Gasteiger charge is -2.34. The fraction of sp³-hybridized carbons (Fsp3) is 0.929. The van der Waals surface area contributed by atoms with Crippen LogP contribution in [0.3, 0.4) is 0 Å². The van der Waals surface area contributed by atoms with Gasteiger partial charge in [-0.05, 0) is 44.6 Å². The number of amides is 1. The van der Waals surface area contributed by atoms with Crippen LogP contribution >= 0.6 is 0 Å². The Labute approximate surface area is 105 Å². The summed E-state index contributed by atoms with van der Waals surface area (Å²) in [6.45, 7) is 6.22. The van der Waals surface area contributed by atoms with Crippen molar-refractivity contribution in [3.05, 3.63) is 0 Å². The maximum Gasteiger partial charge on any atom is 0.240 e. The molecule has 2 aliphatic rings. The quantitative estimate of drug-likeness (QED) is 0.814. The monoisotopic (exact) mass is 238 g/mol. The van der Waals surface area contributed by atoms with E-state index in [0.29, 0.717) is 11.9 Å². The minimum absolute atomic E-state index is 0.101. The zero-order chi connectivity index (χ0) is 12.3. The number of nitrogens with one attached hydrogen (secondary N) is 1. The van der Waals surface area contributed by atoms with E-state index in [1.54, 1.807) is 0 Å². The molecule has 1 N–H and O–H groups in total. The minimum Gasteiger partial charge on any atom is -0.338 e. The summed E-state index contributed by atoms with van der Waals surface area (Å²) in [5.41, 5.74) is 0. The van der Waals surface area contributed by atoms with Gasteiger partial charge in [-0.15, -0.1) is 0 Å². The van der Waals surface area contributed by atoms with Crippen LogP contribution in [0.4, 0.5) is 0 Å². The second-order valence-corrected chi connectivity index (χ2v) is 5.51. The van der Waals surface area contributed by atoms with Crippen LogP contribution in [0.25, 0.3) is 0 Å². The smallest absolute Gasteiger partial charge is 0.240 e. The topological polar surface area (TPSA) is 32.3 Å². The summed E-state index contributed by atoms with van der Waals surface area (Å²) in [4.78, 5) is 14.4. The number of hydrogen-bond donors (Lipinski definition) is 1. The number of carbonyl (C=O) groups excluding carboxylic acids is 1. The number of hydrogen-bond acceptors (Lipinski definition) is 2. The molecular formula is C14H26N2O. The van der Waals surface area contributed by atoms with Gasteiger partial charge < -0.3 is 10.2 Å². The molecule has 98 valence electrons. The molecule has 2 rings (SSSR count). The first-order valence-corrected chi connectivity index (χ1v) is 7.30. The third-order valence-corrected chi connectivity index (χ3v) is 4.52. The van der Waals surface area contributed by atoms with Gasteiger partial charge in [0.1, 0.15) is 0 Å². The summed E-state index contributed by atoms with van der Waals surface area (Å²) in [6.07, 6.45) is 7.39. The maximum atomic E-state index is 12.2. The molecule has 1 aliphatic heterocycles. The zero-order valence-corrected chi connectivity index (χ0v) is 11.2. The largest absolute Gasteiger partial charge is 0.338 e. The van der Waals surface area contributed by atoms with Crippen LogP contribution < -0.4 is 5.32 Å². The van der Waals surface area contributed by atoms with E-state index in [4.69, 9.17) is 0 Å². The van der Waals surface area contributed by atoms with Crippen LogP contribution in [-0.2, 0) is 4.79 Å². The van der Waals surface area contributed by atoms with Gasteiger partial charge in [0.05, 0.1) is 6.04 Å². The molecule has 0 aromatic carbocycles. The van der Waals surface area contributed by atoms with Crippen LogP contribution in [0.2, 0.25) is 0 Å². The van der Waals surface area contributed by atoms with Crippen molar-refractivity contribution in [3.63, 3.8) is 0 Å². The van der Waals surface area contributed by atoms with Gasteiger partial charge in [-0.1, -0.05) is 20.3 Å². The summed E-state index contributed by atoms with van der Waals surface area (Å²) in [5, 5.41) is 3.29. The number of rotatable bonds is 4. The zero-order valence-electron chi connectivity index (χ0n) is 11.2. The predicted molar refractivity (Wildman–Crippen MR) is 69.8 cm³/mol. The van der Waals surface area contributed by atoms with Crippen molar-refractivity contribution in [2.75, 3.05) is 13.1 Å². The lowest BCUT2D eigenvalue weighted by atomic mass is 9.84. The Hall–Kier alpha value is -0.570. The van der Waals surface area contributed by atoms with Crippen molar-refractivity contribution in [2.45, 2.75) is 64.5 Å². The molecule has 1 saturated heterocycles. The van der Waals surface area contributed by atoms with E-state index in [1.807, 2.05) is 0 Å². The highest BCUT2D eigenvalue weighted by Gasteiger charge is 2.36. The molecule has 1 unspecified atom stereocenters. The van der Waals surface area contributed by atoms with E-state index >= 15 is 0 Å². The van der Waals surface area contributed by atoms with Gasteiger partial charge in [0, 0.05) is 12.6 Å². The first-order valence-electron chi connectivity index (χ1n) is 7.30. The van der Waals surface area contributed by atoms with Gasteiger partial charge in [0.15, 0.2) is 0 Å². The first kappa shape index (κ1) is 12.9. The van der Waals surface area contributed by atoms with Crippen molar-refractivity contribution in [3.8, 4) is 0 Å². The molecule has 0 aromatic rings. The van der Waals surface area contributed by atoms with Gasteiger partial charge >= 0.3 is 0 Å². The average molecular weight is 238 g/mol. The van der Waals surface area contributed by atoms with Crippen molar-refractivity contribution in [2.24, 2.45) is 5.92 Å². The summed E-state index contributed by atoms with van der Waals surface area (Å²) in [5.74, 6) is 1.26. The Morgan fingerprint density at radius 3 is 2.47 bits per heavy atom. The van der Waals surface area contributed by atoms with Gasteiger partial charge in [0.25, 0.3) is 0 Å². The van der Waals surface area contributed by atoms with Crippen LogP contribution in [0.5, 0.6) is 0 Å². The highest BCUT2D eigenvalue weighted by atomic mass is 16.2. The highest BCUT2D eigenvalue weighted by molar-refractivity contribution is 5.84. The molecule has 0 radical (unpaired) electrons. The van der Waals surface area contributed by atoms with Crippen LogP contribution in [0.15, 0.2) is 0 Å². The molecule has 1 amide bonds. The van der Waals surface area contributed by atoms with E-state index < -0.39 is 0 Å². The number of likely N-dealkylation sites (tertiary alicyclic amines) is 1. The van der Waals surface area contributed by atoms with E-state index in [0.717, 1.165) is 25.4 Å². The normalized spacial score (nSPS) is 34.4. The summed E-state index contributed by atoms with van der Waals surface area (Å²) in [7, 11) is 0. The van der Waals surface area contributed by atoms with E-state index in [2.05, 4.69) is 24.1 Å². The third-order valence-electron chi connectivity index (χ3n) is 4.52. The number of nitrogens with zero attached hydrogens (tertiary/aromatic N) is 1. The SMILES string of the molecule is CCNC1CCN(C2CCC(CC)CC2)C1=O. The molecule has 1 atom stereocenters. The van der Waals surface area contributed by atoms with E-state index in [9.17, 15) is 4.79 Å². The number of likely N-dealkylation sites (N-methyl/N-ethyl adjacent to an activating group) is 1. The van der Waals surface area contributed by atoms with Gasteiger partial charge in [0.2, 0.25) is 5.91 Å². The van der Waals surface area contributed by atoms with E-state index in [1.165, 1.54) is 32.1 Å². The van der Waals surface area contributed by atoms with Crippen LogP contribution in [0.1, 0.15) is 52.4 Å². The molecule has 0 spiro atoms. The fourth-order valence-electron chi connectivity index (χ4n) is 3.37. The van der Waals surface area contributed by atoms with Crippen molar-refractivity contribution in [1.82, 2.24) is 10.2 Å². The average Bonchev–Trinajstić information content (AvgIpc) is 2.72. The lowest BCUT2D eigenvalue weighted by molar-refractivity contribution is -0.132. The molecule has 1 heterocycles. The van der Waals surface area contributed by atoms with Gasteiger partial charge in [-0.25, -0.2) is 0 Å². The number of carbonyl (C=O) groups is 1. The van der Waals surface area contributed by atoms with Crippen LogP contribution in [0, 0.1) is 5.92 Å².